The van der Waals surface area contributed by atoms with Gasteiger partial charge in [-0.2, -0.15) is 0 Å². The number of rotatable bonds is 4. The van der Waals surface area contributed by atoms with Crippen LogP contribution in [0, 0.1) is 13.8 Å². The smallest absolute Gasteiger partial charge is 0.157 e. The normalized spacial score (nSPS) is 19.6. The maximum Gasteiger partial charge on any atom is 0.157 e. The van der Waals surface area contributed by atoms with Crippen LogP contribution in [0.2, 0.25) is 0 Å². The third kappa shape index (κ3) is 4.00. The Labute approximate surface area is 122 Å². The van der Waals surface area contributed by atoms with Crippen LogP contribution >= 0.6 is 0 Å². The van der Waals surface area contributed by atoms with Gasteiger partial charge in [0, 0.05) is 23.5 Å². The molecule has 0 aromatic carbocycles. The van der Waals surface area contributed by atoms with Gasteiger partial charge in [0.15, 0.2) is 5.82 Å². The van der Waals surface area contributed by atoms with Gasteiger partial charge in [0.05, 0.1) is 0 Å². The fourth-order valence-electron chi connectivity index (χ4n) is 2.61. The summed E-state index contributed by atoms with van der Waals surface area (Å²) in [5, 5.41) is 3.51. The van der Waals surface area contributed by atoms with Crippen molar-refractivity contribution in [3.8, 4) is 0 Å². The molecule has 1 fully saturated rings. The molecule has 1 aliphatic rings. The van der Waals surface area contributed by atoms with Crippen LogP contribution in [0.3, 0.4) is 0 Å². The van der Waals surface area contributed by atoms with Gasteiger partial charge in [0.2, 0.25) is 0 Å². The van der Waals surface area contributed by atoms with E-state index in [1.54, 1.807) is 0 Å². The van der Waals surface area contributed by atoms with Gasteiger partial charge in [-0.3, -0.25) is 0 Å². The van der Waals surface area contributed by atoms with Crippen LogP contribution < -0.4 is 5.32 Å². The summed E-state index contributed by atoms with van der Waals surface area (Å²) in [6.45, 7) is 12.5. The molecule has 4 nitrogen and oxygen atoms in total. The molecule has 1 N–H and O–H groups in total. The van der Waals surface area contributed by atoms with Crippen LogP contribution in [0.15, 0.2) is 0 Å². The van der Waals surface area contributed by atoms with Gasteiger partial charge in [-0.1, -0.05) is 0 Å². The van der Waals surface area contributed by atoms with E-state index in [4.69, 9.17) is 4.74 Å². The molecule has 1 atom stereocenters. The summed E-state index contributed by atoms with van der Waals surface area (Å²) in [5.74, 6) is 0.866. The lowest BCUT2D eigenvalue weighted by molar-refractivity contribution is 0.104. The second kappa shape index (κ2) is 6.19. The van der Waals surface area contributed by atoms with Gasteiger partial charge in [-0.15, -0.1) is 0 Å². The Hall–Kier alpha value is -1.00. The minimum Gasteiger partial charge on any atom is -0.370 e. The zero-order valence-electron chi connectivity index (χ0n) is 13.4. The number of aromatic nitrogens is 2. The van der Waals surface area contributed by atoms with Crippen molar-refractivity contribution >= 4 is 0 Å². The number of ether oxygens (including phenoxy) is 1. The first-order valence-corrected chi connectivity index (χ1v) is 7.57. The SMILES string of the molecule is Cc1nc(C2CCCO2)nc(C)c1CCNC(C)(C)C. The summed E-state index contributed by atoms with van der Waals surface area (Å²) in [5.41, 5.74) is 3.61. The maximum absolute atomic E-state index is 5.68. The molecule has 4 heteroatoms. The van der Waals surface area contributed by atoms with Crippen LogP contribution in [0.25, 0.3) is 0 Å². The largest absolute Gasteiger partial charge is 0.370 e. The van der Waals surface area contributed by atoms with E-state index >= 15 is 0 Å². The van der Waals surface area contributed by atoms with E-state index in [9.17, 15) is 0 Å². The molecule has 20 heavy (non-hydrogen) atoms. The van der Waals surface area contributed by atoms with Gasteiger partial charge in [0.25, 0.3) is 0 Å². The highest BCUT2D eigenvalue weighted by molar-refractivity contribution is 5.25. The predicted molar refractivity (Wildman–Crippen MR) is 80.9 cm³/mol. The lowest BCUT2D eigenvalue weighted by atomic mass is 10.1. The van der Waals surface area contributed by atoms with Gasteiger partial charge in [0.1, 0.15) is 6.10 Å². The number of nitrogens with one attached hydrogen (secondary N) is 1. The molecular formula is C16H27N3O. The lowest BCUT2D eigenvalue weighted by Gasteiger charge is -2.21. The number of hydrogen-bond acceptors (Lipinski definition) is 4. The monoisotopic (exact) mass is 277 g/mol. The minimum atomic E-state index is 0.106. The van der Waals surface area contributed by atoms with E-state index in [1.807, 2.05) is 0 Å². The number of nitrogens with zero attached hydrogens (tertiary/aromatic N) is 2. The summed E-state index contributed by atoms with van der Waals surface area (Å²) in [4.78, 5) is 9.33. The minimum absolute atomic E-state index is 0.106. The molecule has 0 amide bonds. The molecule has 1 aromatic heterocycles. The van der Waals surface area contributed by atoms with Gasteiger partial charge in [-0.05, 0) is 66.0 Å². The average Bonchev–Trinajstić information content (AvgIpc) is 2.84. The molecule has 1 aromatic rings. The first-order valence-electron chi connectivity index (χ1n) is 7.57. The van der Waals surface area contributed by atoms with Crippen LogP contribution in [-0.2, 0) is 11.2 Å². The van der Waals surface area contributed by atoms with Gasteiger partial charge < -0.3 is 10.1 Å². The van der Waals surface area contributed by atoms with Crippen molar-refractivity contribution in [2.75, 3.05) is 13.2 Å². The van der Waals surface area contributed by atoms with Crippen molar-refractivity contribution in [2.45, 2.75) is 65.5 Å². The fourth-order valence-corrected chi connectivity index (χ4v) is 2.61. The lowest BCUT2D eigenvalue weighted by Crippen LogP contribution is -2.37. The van der Waals surface area contributed by atoms with Crippen molar-refractivity contribution in [1.29, 1.82) is 0 Å². The van der Waals surface area contributed by atoms with Crippen molar-refractivity contribution < 1.29 is 4.74 Å². The highest BCUT2D eigenvalue weighted by Gasteiger charge is 2.22. The standard InChI is InChI=1S/C16H27N3O/c1-11-13(8-9-17-16(3,4)5)12(2)19-15(18-11)14-7-6-10-20-14/h14,17H,6-10H2,1-5H3. The first kappa shape index (κ1) is 15.4. The molecule has 1 unspecified atom stereocenters. The second-order valence-electron chi connectivity index (χ2n) is 6.66. The number of aryl methyl sites for hydroxylation is 2. The molecule has 0 bridgehead atoms. The quantitative estimate of drug-likeness (QED) is 0.919. The zero-order chi connectivity index (χ0) is 14.8. The second-order valence-corrected chi connectivity index (χ2v) is 6.66. The van der Waals surface area contributed by atoms with Crippen LogP contribution in [0.4, 0.5) is 0 Å². The summed E-state index contributed by atoms with van der Waals surface area (Å²) in [6, 6.07) is 0. The van der Waals surface area contributed by atoms with Crippen molar-refractivity contribution in [1.82, 2.24) is 15.3 Å². The highest BCUT2D eigenvalue weighted by atomic mass is 16.5. The fraction of sp³-hybridized carbons (Fsp3) is 0.750. The van der Waals surface area contributed by atoms with E-state index in [0.717, 1.165) is 49.6 Å². The van der Waals surface area contributed by atoms with Crippen molar-refractivity contribution in [3.05, 3.63) is 22.8 Å². The summed E-state index contributed by atoms with van der Waals surface area (Å²) in [7, 11) is 0. The average molecular weight is 277 g/mol. The van der Waals surface area contributed by atoms with Crippen molar-refractivity contribution in [3.63, 3.8) is 0 Å². The Morgan fingerprint density at radius 3 is 2.35 bits per heavy atom. The Morgan fingerprint density at radius 1 is 1.20 bits per heavy atom. The first-order chi connectivity index (χ1) is 9.37. The van der Waals surface area contributed by atoms with Gasteiger partial charge >= 0.3 is 0 Å². The molecule has 2 rings (SSSR count). The molecular weight excluding hydrogens is 250 g/mol. The van der Waals surface area contributed by atoms with Crippen molar-refractivity contribution in [2.24, 2.45) is 0 Å². The van der Waals surface area contributed by atoms with Crippen LogP contribution in [0.1, 0.15) is 62.5 Å². The van der Waals surface area contributed by atoms with E-state index in [2.05, 4.69) is 49.9 Å². The van der Waals surface area contributed by atoms with E-state index in [0.29, 0.717) is 0 Å². The summed E-state index contributed by atoms with van der Waals surface area (Å²) in [6.07, 6.45) is 3.24. The maximum atomic E-state index is 5.68. The summed E-state index contributed by atoms with van der Waals surface area (Å²) < 4.78 is 5.68. The highest BCUT2D eigenvalue weighted by Crippen LogP contribution is 2.27. The summed E-state index contributed by atoms with van der Waals surface area (Å²) >= 11 is 0. The molecule has 2 heterocycles. The Balaban J connectivity index is 2.06. The Bertz CT molecular complexity index is 436. The van der Waals surface area contributed by atoms with Gasteiger partial charge in [-0.25, -0.2) is 9.97 Å². The molecule has 0 aliphatic carbocycles. The molecule has 0 saturated carbocycles. The van der Waals surface area contributed by atoms with Crippen LogP contribution in [-0.4, -0.2) is 28.7 Å². The van der Waals surface area contributed by atoms with E-state index in [1.165, 1.54) is 5.56 Å². The third-order valence-electron chi connectivity index (χ3n) is 3.69. The Kier molecular flexibility index (Phi) is 4.76. The zero-order valence-corrected chi connectivity index (χ0v) is 13.4. The van der Waals surface area contributed by atoms with E-state index in [-0.39, 0.29) is 11.6 Å². The molecule has 1 aliphatic heterocycles. The topological polar surface area (TPSA) is 47.0 Å². The third-order valence-corrected chi connectivity index (χ3v) is 3.69. The molecule has 0 radical (unpaired) electrons. The van der Waals surface area contributed by atoms with Crippen LogP contribution in [0.5, 0.6) is 0 Å². The van der Waals surface area contributed by atoms with E-state index < -0.39 is 0 Å². The molecule has 0 spiro atoms. The molecule has 1 saturated heterocycles. The Morgan fingerprint density at radius 2 is 1.85 bits per heavy atom. The molecule has 112 valence electrons. The predicted octanol–water partition coefficient (Wildman–Crippen LogP) is 2.88. The number of hydrogen-bond donors (Lipinski definition) is 1.